The highest BCUT2D eigenvalue weighted by Gasteiger charge is 2.30. The fourth-order valence-electron chi connectivity index (χ4n) is 2.76. The van der Waals surface area contributed by atoms with E-state index >= 15 is 0 Å². The molecular weight excluding hydrogens is 455 g/mol. The highest BCUT2D eigenvalue weighted by molar-refractivity contribution is 5.35. The lowest BCUT2D eigenvalue weighted by Gasteiger charge is -2.09. The molecule has 4 rings (SSSR count). The Hall–Kier alpha value is -4.48. The van der Waals surface area contributed by atoms with Crippen LogP contribution in [-0.2, 0) is 12.6 Å². The zero-order valence-corrected chi connectivity index (χ0v) is 17.5. The summed E-state index contributed by atoms with van der Waals surface area (Å²) in [7, 11) is 1.46. The minimum absolute atomic E-state index is 0.00511. The van der Waals surface area contributed by atoms with Gasteiger partial charge in [-0.15, -0.1) is 0 Å². The number of hydrogen-bond acceptors (Lipinski definition) is 8. The monoisotopic (exact) mass is 471 g/mol. The molecular formula is C22H16F3N5O4. The first-order valence-electron chi connectivity index (χ1n) is 9.72. The van der Waals surface area contributed by atoms with Crippen molar-refractivity contribution in [1.29, 1.82) is 0 Å². The van der Waals surface area contributed by atoms with E-state index in [1.165, 1.54) is 25.4 Å². The molecule has 0 amide bonds. The Morgan fingerprint density at radius 1 is 0.853 bits per heavy atom. The van der Waals surface area contributed by atoms with E-state index < -0.39 is 11.7 Å². The van der Waals surface area contributed by atoms with Crippen LogP contribution in [0.5, 0.6) is 29.4 Å². The lowest BCUT2D eigenvalue weighted by molar-refractivity contribution is -0.137. The summed E-state index contributed by atoms with van der Waals surface area (Å²) in [5, 5.41) is 0. The minimum Gasteiger partial charge on any atom is -0.467 e. The molecule has 12 heteroatoms. The first kappa shape index (κ1) is 22.7. The molecule has 0 saturated carbocycles. The summed E-state index contributed by atoms with van der Waals surface area (Å²) in [6.07, 6.45) is 1.00. The highest BCUT2D eigenvalue weighted by atomic mass is 19.4. The van der Waals surface area contributed by atoms with Gasteiger partial charge in [0.2, 0.25) is 5.88 Å². The van der Waals surface area contributed by atoms with Crippen molar-refractivity contribution in [2.45, 2.75) is 12.6 Å². The van der Waals surface area contributed by atoms with Crippen LogP contribution in [0.1, 0.15) is 16.7 Å². The number of halogens is 3. The summed E-state index contributed by atoms with van der Waals surface area (Å²) < 4.78 is 53.7. The van der Waals surface area contributed by atoms with Crippen molar-refractivity contribution in [2.75, 3.05) is 7.11 Å². The van der Waals surface area contributed by atoms with Crippen LogP contribution >= 0.6 is 0 Å². The van der Waals surface area contributed by atoms with E-state index in [1.54, 1.807) is 24.5 Å². The second kappa shape index (κ2) is 9.57. The van der Waals surface area contributed by atoms with Gasteiger partial charge >= 0.3 is 18.2 Å². The number of ether oxygens (including phenoxy) is 3. The lowest BCUT2D eigenvalue weighted by atomic mass is 10.1. The third-order valence-electron chi connectivity index (χ3n) is 4.43. The summed E-state index contributed by atoms with van der Waals surface area (Å²) in [6.45, 7) is 0. The van der Waals surface area contributed by atoms with Gasteiger partial charge in [-0.1, -0.05) is 0 Å². The Labute approximate surface area is 190 Å². The number of rotatable bonds is 7. The van der Waals surface area contributed by atoms with Gasteiger partial charge in [0.1, 0.15) is 11.5 Å². The fraction of sp³-hybridized carbons (Fsp3) is 0.136. The van der Waals surface area contributed by atoms with Crippen LogP contribution in [0.2, 0.25) is 0 Å². The molecule has 3 aromatic heterocycles. The maximum atomic E-state index is 12.6. The van der Waals surface area contributed by atoms with Gasteiger partial charge in [-0.25, -0.2) is 19.9 Å². The molecule has 3 heterocycles. The van der Waals surface area contributed by atoms with Crippen molar-refractivity contribution in [1.82, 2.24) is 24.9 Å². The molecule has 0 bridgehead atoms. The van der Waals surface area contributed by atoms with Gasteiger partial charge in [-0.3, -0.25) is 9.78 Å². The minimum atomic E-state index is -4.47. The van der Waals surface area contributed by atoms with Crippen molar-refractivity contribution < 1.29 is 27.4 Å². The predicted octanol–water partition coefficient (Wildman–Crippen LogP) is 4.16. The molecule has 0 spiro atoms. The molecule has 1 aromatic carbocycles. The van der Waals surface area contributed by atoms with E-state index in [4.69, 9.17) is 14.2 Å². The Morgan fingerprint density at radius 3 is 2.09 bits per heavy atom. The largest absolute Gasteiger partial charge is 0.467 e. The van der Waals surface area contributed by atoms with Gasteiger partial charge in [0, 0.05) is 42.8 Å². The van der Waals surface area contributed by atoms with Gasteiger partial charge in [-0.05, 0) is 35.9 Å². The molecule has 0 aliphatic carbocycles. The SMILES string of the molecule is COc1ncc(Cc2cnc(Oc3ccc(Oc4ccc(C(F)(F)F)cn4)cc3)[nH]c2=O)cn1. The number of hydrogen-bond donors (Lipinski definition) is 1. The van der Waals surface area contributed by atoms with E-state index in [9.17, 15) is 18.0 Å². The van der Waals surface area contributed by atoms with Crippen LogP contribution in [0.4, 0.5) is 13.2 Å². The summed E-state index contributed by atoms with van der Waals surface area (Å²) in [6, 6.07) is 8.37. The van der Waals surface area contributed by atoms with Gasteiger partial charge in [0.05, 0.1) is 12.7 Å². The molecule has 1 N–H and O–H groups in total. The van der Waals surface area contributed by atoms with E-state index in [2.05, 4.69) is 24.9 Å². The van der Waals surface area contributed by atoms with Crippen LogP contribution in [0, 0.1) is 0 Å². The number of methoxy groups -OCH3 is 1. The third-order valence-corrected chi connectivity index (χ3v) is 4.43. The van der Waals surface area contributed by atoms with Crippen LogP contribution in [0.3, 0.4) is 0 Å². The van der Waals surface area contributed by atoms with Gasteiger partial charge in [-0.2, -0.15) is 13.2 Å². The van der Waals surface area contributed by atoms with Crippen molar-refractivity contribution >= 4 is 0 Å². The van der Waals surface area contributed by atoms with Crippen LogP contribution in [0.25, 0.3) is 0 Å². The number of aromatic amines is 1. The smallest absolute Gasteiger partial charge is 0.417 e. The fourth-order valence-corrected chi connectivity index (χ4v) is 2.76. The Kier molecular flexibility index (Phi) is 6.39. The second-order valence-corrected chi connectivity index (χ2v) is 6.86. The van der Waals surface area contributed by atoms with Crippen LogP contribution < -0.4 is 19.8 Å². The normalized spacial score (nSPS) is 11.2. The van der Waals surface area contributed by atoms with Crippen LogP contribution in [-0.4, -0.2) is 32.0 Å². The maximum Gasteiger partial charge on any atom is 0.417 e. The van der Waals surface area contributed by atoms with E-state index in [1.807, 2.05) is 0 Å². The molecule has 0 unspecified atom stereocenters. The maximum absolute atomic E-state index is 12.6. The molecule has 0 aliphatic rings. The zero-order chi connectivity index (χ0) is 24.1. The number of pyridine rings is 1. The molecule has 174 valence electrons. The molecule has 0 saturated heterocycles. The van der Waals surface area contributed by atoms with Crippen LogP contribution in [0.15, 0.2) is 66.0 Å². The van der Waals surface area contributed by atoms with Gasteiger partial charge in [0.15, 0.2) is 0 Å². The third kappa shape index (κ3) is 5.65. The Bertz CT molecular complexity index is 1310. The lowest BCUT2D eigenvalue weighted by Crippen LogP contribution is -2.14. The first-order chi connectivity index (χ1) is 16.3. The van der Waals surface area contributed by atoms with E-state index in [0.717, 1.165) is 12.1 Å². The number of nitrogens with one attached hydrogen (secondary N) is 1. The molecule has 34 heavy (non-hydrogen) atoms. The molecule has 9 nitrogen and oxygen atoms in total. The molecule has 0 radical (unpaired) electrons. The number of alkyl halides is 3. The summed E-state index contributed by atoms with van der Waals surface area (Å²) in [5.41, 5.74) is -0.142. The Morgan fingerprint density at radius 2 is 1.53 bits per heavy atom. The van der Waals surface area contributed by atoms with E-state index in [-0.39, 0.29) is 29.9 Å². The summed E-state index contributed by atoms with van der Waals surface area (Å²) >= 11 is 0. The second-order valence-electron chi connectivity index (χ2n) is 6.86. The number of benzene rings is 1. The standard InChI is InChI=1S/C22H16F3N5O4/c1-32-20-27-9-13(10-28-20)8-14-11-29-21(30-19(14)31)34-17-5-3-16(4-6-17)33-18-7-2-15(12-26-18)22(23,24)25/h2-7,9-12H,8H2,1H3,(H,29,30,31). The summed E-state index contributed by atoms with van der Waals surface area (Å²) in [5.74, 6) is 0.691. The van der Waals surface area contributed by atoms with Gasteiger partial charge < -0.3 is 14.2 Å². The summed E-state index contributed by atoms with van der Waals surface area (Å²) in [4.78, 5) is 30.7. The zero-order valence-electron chi connectivity index (χ0n) is 17.5. The average Bonchev–Trinajstić information content (AvgIpc) is 2.82. The van der Waals surface area contributed by atoms with Crippen molar-refractivity contribution in [3.63, 3.8) is 0 Å². The Balaban J connectivity index is 1.38. The first-order valence-corrected chi connectivity index (χ1v) is 9.72. The van der Waals surface area contributed by atoms with Crippen molar-refractivity contribution in [2.24, 2.45) is 0 Å². The molecule has 0 fully saturated rings. The molecule has 0 aliphatic heterocycles. The topological polar surface area (TPSA) is 112 Å². The molecule has 0 atom stereocenters. The van der Waals surface area contributed by atoms with E-state index in [0.29, 0.717) is 28.8 Å². The number of nitrogens with zero attached hydrogens (tertiary/aromatic N) is 4. The number of H-pyrrole nitrogens is 1. The predicted molar refractivity (Wildman–Crippen MR) is 112 cm³/mol. The molecule has 4 aromatic rings. The van der Waals surface area contributed by atoms with Crippen molar-refractivity contribution in [3.8, 4) is 29.4 Å². The highest BCUT2D eigenvalue weighted by Crippen LogP contribution is 2.30. The quantitative estimate of drug-likeness (QED) is 0.428. The van der Waals surface area contributed by atoms with Gasteiger partial charge in [0.25, 0.3) is 5.56 Å². The number of aromatic nitrogens is 5. The van der Waals surface area contributed by atoms with Crippen molar-refractivity contribution in [3.05, 3.63) is 88.2 Å². The average molecular weight is 471 g/mol.